The number of benzene rings is 3. The summed E-state index contributed by atoms with van der Waals surface area (Å²) in [5.41, 5.74) is 2.81. The Kier molecular flexibility index (Phi) is 9.75. The molecule has 5 rings (SSSR count). The van der Waals surface area contributed by atoms with E-state index in [2.05, 4.69) is 37.4 Å². The van der Waals surface area contributed by atoms with E-state index in [9.17, 15) is 9.90 Å². The lowest BCUT2D eigenvalue weighted by Crippen LogP contribution is -2.45. The molecule has 2 fully saturated rings. The number of likely N-dealkylation sites (tertiary alicyclic amines) is 1. The fourth-order valence-electron chi connectivity index (χ4n) is 5.49. The minimum Gasteiger partial charge on any atom is -0.508 e. The molecular weight excluding hydrogens is 500 g/mol. The van der Waals surface area contributed by atoms with Gasteiger partial charge in [-0.3, -0.25) is 0 Å². The molecule has 0 saturated carbocycles. The summed E-state index contributed by atoms with van der Waals surface area (Å²) in [5, 5.41) is 12.8. The molecule has 3 aromatic rings. The number of aromatic hydroxyl groups is 1. The normalized spacial score (nSPS) is 17.9. The first-order valence-corrected chi connectivity index (χ1v) is 14.5. The van der Waals surface area contributed by atoms with Gasteiger partial charge in [-0.1, -0.05) is 56.3 Å². The van der Waals surface area contributed by atoms with Crippen LogP contribution in [0.15, 0.2) is 78.9 Å². The number of carbonyl (C=O) groups is 1. The van der Waals surface area contributed by atoms with E-state index in [4.69, 9.17) is 9.47 Å². The number of phenolic OH excluding ortho intramolecular Hbond substituents is 1. The van der Waals surface area contributed by atoms with Crippen LogP contribution in [-0.2, 0) is 10.8 Å². The van der Waals surface area contributed by atoms with E-state index < -0.39 is 0 Å². The number of ether oxygens (including phenoxy) is 2. The van der Waals surface area contributed by atoms with Gasteiger partial charge in [-0.05, 0) is 111 Å². The van der Waals surface area contributed by atoms with Crippen molar-refractivity contribution in [3.8, 4) is 17.2 Å². The van der Waals surface area contributed by atoms with Gasteiger partial charge in [0.25, 0.3) is 0 Å². The van der Waals surface area contributed by atoms with E-state index >= 15 is 0 Å². The van der Waals surface area contributed by atoms with Crippen LogP contribution in [0.5, 0.6) is 17.2 Å². The van der Waals surface area contributed by atoms with Crippen LogP contribution in [0, 0.1) is 0 Å². The van der Waals surface area contributed by atoms with Crippen molar-refractivity contribution < 1.29 is 19.4 Å². The highest BCUT2D eigenvalue weighted by Crippen LogP contribution is 2.37. The van der Waals surface area contributed by atoms with Crippen LogP contribution in [0.2, 0.25) is 0 Å². The number of rotatable bonds is 5. The number of phenols is 1. The minimum atomic E-state index is -0.268. The number of carbonyl (C=O) groups excluding carboxylic acids is 1. The number of nitrogens with one attached hydrogen (secondary N) is 1. The second-order valence-corrected chi connectivity index (χ2v) is 11.8. The molecule has 0 unspecified atom stereocenters. The molecule has 0 bridgehead atoms. The van der Waals surface area contributed by atoms with Gasteiger partial charge in [0.15, 0.2) is 0 Å². The first-order chi connectivity index (χ1) is 19.2. The molecule has 0 aliphatic carbocycles. The molecule has 0 spiro atoms. The molecule has 2 aliphatic heterocycles. The average molecular weight is 545 g/mol. The Morgan fingerprint density at radius 1 is 0.800 bits per heavy atom. The van der Waals surface area contributed by atoms with E-state index in [1.807, 2.05) is 56.3 Å². The van der Waals surface area contributed by atoms with Crippen LogP contribution >= 0.6 is 0 Å². The summed E-state index contributed by atoms with van der Waals surface area (Å²) in [6.07, 6.45) is 4.00. The van der Waals surface area contributed by atoms with Crippen molar-refractivity contribution in [2.45, 2.75) is 70.3 Å². The van der Waals surface area contributed by atoms with E-state index in [0.717, 1.165) is 44.5 Å². The molecule has 2 aliphatic rings. The minimum absolute atomic E-state index is 0.0415. The van der Waals surface area contributed by atoms with Gasteiger partial charge in [-0.2, -0.15) is 0 Å². The second-order valence-electron chi connectivity index (χ2n) is 11.8. The van der Waals surface area contributed by atoms with Gasteiger partial charge in [-0.15, -0.1) is 0 Å². The number of amides is 1. The maximum Gasteiger partial charge on any atom is 0.415 e. The summed E-state index contributed by atoms with van der Waals surface area (Å²) in [4.78, 5) is 14.2. The molecule has 6 nitrogen and oxygen atoms in total. The molecule has 0 radical (unpaired) electrons. The van der Waals surface area contributed by atoms with Gasteiger partial charge in [0.1, 0.15) is 17.2 Å². The Morgan fingerprint density at radius 3 is 2.00 bits per heavy atom. The predicted octanol–water partition coefficient (Wildman–Crippen LogP) is 7.06. The molecule has 0 aromatic heterocycles. The molecule has 2 heterocycles. The molecule has 2 N–H and O–H groups in total. The monoisotopic (exact) mass is 544 g/mol. The van der Waals surface area contributed by atoms with Gasteiger partial charge in [0.05, 0.1) is 6.10 Å². The molecule has 6 heteroatoms. The van der Waals surface area contributed by atoms with Gasteiger partial charge in [0, 0.05) is 13.1 Å². The van der Waals surface area contributed by atoms with Crippen molar-refractivity contribution >= 4 is 6.09 Å². The lowest BCUT2D eigenvalue weighted by atomic mass is 9.74. The zero-order chi connectivity index (χ0) is 28.6. The molecule has 40 heavy (non-hydrogen) atoms. The lowest BCUT2D eigenvalue weighted by molar-refractivity contribution is 0.125. The number of hydrogen-bond acceptors (Lipinski definition) is 5. The van der Waals surface area contributed by atoms with Crippen LogP contribution in [-0.4, -0.2) is 48.4 Å². The average Bonchev–Trinajstić information content (AvgIpc) is 2.95. The third kappa shape index (κ3) is 7.79. The molecule has 214 valence electrons. The van der Waals surface area contributed by atoms with Crippen molar-refractivity contribution in [3.63, 3.8) is 0 Å². The Morgan fingerprint density at radius 2 is 1.38 bits per heavy atom. The fraction of sp³-hybridized carbons (Fsp3) is 0.441. The fourth-order valence-corrected chi connectivity index (χ4v) is 5.49. The number of nitrogens with zero attached hydrogens (tertiary/aromatic N) is 1. The lowest BCUT2D eigenvalue weighted by Gasteiger charge is -2.39. The van der Waals surface area contributed by atoms with Crippen LogP contribution in [0.4, 0.5) is 4.79 Å². The van der Waals surface area contributed by atoms with E-state index in [1.54, 1.807) is 23.1 Å². The zero-order valence-electron chi connectivity index (χ0n) is 24.4. The summed E-state index contributed by atoms with van der Waals surface area (Å²) in [7, 11) is 0. The highest BCUT2D eigenvalue weighted by molar-refractivity contribution is 5.70. The molecule has 1 amide bonds. The van der Waals surface area contributed by atoms with Crippen molar-refractivity contribution in [1.82, 2.24) is 10.2 Å². The van der Waals surface area contributed by atoms with E-state index in [-0.39, 0.29) is 23.0 Å². The first kappa shape index (κ1) is 29.5. The standard InChI is InChI=1S/C22H27NO3.C12H17NO/c1-17(2)25-20-11-7-8-18(16-20)22(3)12-14-23(15-13-22)21(24)26-19-9-5-4-6-10-19;1-12(5-7-13-8-6-12)10-3-2-4-11(14)9-10/h4-11,16-17H,12-15H2,1-3H3;2-4,9,13-14H,5-8H2,1H3. The summed E-state index contributed by atoms with van der Waals surface area (Å²) in [6.45, 7) is 12.1. The van der Waals surface area contributed by atoms with Crippen LogP contribution in [0.25, 0.3) is 0 Å². The van der Waals surface area contributed by atoms with Crippen molar-refractivity contribution in [2.75, 3.05) is 26.2 Å². The van der Waals surface area contributed by atoms with Gasteiger partial charge in [0.2, 0.25) is 0 Å². The van der Waals surface area contributed by atoms with E-state index in [1.165, 1.54) is 11.1 Å². The molecule has 0 atom stereocenters. The quantitative estimate of drug-likeness (QED) is 0.360. The zero-order valence-corrected chi connectivity index (χ0v) is 24.4. The van der Waals surface area contributed by atoms with Crippen molar-refractivity contribution in [1.29, 1.82) is 0 Å². The van der Waals surface area contributed by atoms with Crippen LogP contribution in [0.1, 0.15) is 64.5 Å². The van der Waals surface area contributed by atoms with Gasteiger partial charge < -0.3 is 24.8 Å². The third-order valence-electron chi connectivity index (χ3n) is 8.23. The molecule has 2 saturated heterocycles. The highest BCUT2D eigenvalue weighted by Gasteiger charge is 2.34. The number of para-hydroxylation sites is 1. The molecular formula is C34H44N2O4. The molecule has 3 aromatic carbocycles. The maximum absolute atomic E-state index is 12.4. The van der Waals surface area contributed by atoms with Gasteiger partial charge >= 0.3 is 6.09 Å². The summed E-state index contributed by atoms with van der Waals surface area (Å²) >= 11 is 0. The summed E-state index contributed by atoms with van der Waals surface area (Å²) < 4.78 is 11.3. The van der Waals surface area contributed by atoms with Crippen LogP contribution < -0.4 is 14.8 Å². The van der Waals surface area contributed by atoms with E-state index in [0.29, 0.717) is 24.6 Å². The maximum atomic E-state index is 12.4. The second kappa shape index (κ2) is 13.2. The number of hydrogen-bond donors (Lipinski definition) is 2. The predicted molar refractivity (Wildman–Crippen MR) is 160 cm³/mol. The highest BCUT2D eigenvalue weighted by atomic mass is 16.6. The summed E-state index contributed by atoms with van der Waals surface area (Å²) in [6, 6.07) is 25.2. The smallest absolute Gasteiger partial charge is 0.415 e. The topological polar surface area (TPSA) is 71.0 Å². The first-order valence-electron chi connectivity index (χ1n) is 14.5. The summed E-state index contributed by atoms with van der Waals surface area (Å²) in [5.74, 6) is 1.87. The van der Waals surface area contributed by atoms with Gasteiger partial charge in [-0.25, -0.2) is 4.79 Å². The van der Waals surface area contributed by atoms with Crippen molar-refractivity contribution in [2.24, 2.45) is 0 Å². The third-order valence-corrected chi connectivity index (χ3v) is 8.23. The van der Waals surface area contributed by atoms with Crippen LogP contribution in [0.3, 0.4) is 0 Å². The Balaban J connectivity index is 0.000000222. The number of piperidine rings is 2. The Labute approximate surface area is 239 Å². The SMILES string of the molecule is CC(C)Oc1cccc(C2(C)CCN(C(=O)Oc3ccccc3)CC2)c1.CC1(c2cccc(O)c2)CCNCC1. The van der Waals surface area contributed by atoms with Crippen molar-refractivity contribution in [3.05, 3.63) is 90.0 Å². The Hall–Kier alpha value is -3.51. The largest absolute Gasteiger partial charge is 0.508 e. The Bertz CT molecular complexity index is 1230.